The van der Waals surface area contributed by atoms with Crippen molar-refractivity contribution in [1.82, 2.24) is 14.9 Å². The molecule has 1 aromatic heterocycles. The Kier molecular flexibility index (Phi) is 6.04. The smallest absolute Gasteiger partial charge is 0.410 e. The van der Waals surface area contributed by atoms with E-state index in [0.29, 0.717) is 18.5 Å². The van der Waals surface area contributed by atoms with Gasteiger partial charge in [0.2, 0.25) is 5.95 Å². The zero-order valence-corrected chi connectivity index (χ0v) is 15.4. The summed E-state index contributed by atoms with van der Waals surface area (Å²) in [6.07, 6.45) is 3.53. The summed E-state index contributed by atoms with van der Waals surface area (Å²) in [5, 5.41) is 3.32. The first kappa shape index (κ1) is 18.2. The fraction of sp³-hybridized carbons (Fsp3) is 0.450. The summed E-state index contributed by atoms with van der Waals surface area (Å²) in [6, 6.07) is 9.76. The molecule has 0 bridgehead atoms. The molecule has 0 aliphatic carbocycles. The molecule has 1 fully saturated rings. The number of benzene rings is 1. The van der Waals surface area contributed by atoms with E-state index in [1.807, 2.05) is 50.4 Å². The van der Waals surface area contributed by atoms with Gasteiger partial charge in [0.1, 0.15) is 6.61 Å². The molecule has 138 valence electrons. The van der Waals surface area contributed by atoms with Crippen molar-refractivity contribution in [2.24, 2.45) is 5.92 Å². The zero-order valence-electron chi connectivity index (χ0n) is 15.4. The van der Waals surface area contributed by atoms with Crippen molar-refractivity contribution >= 4 is 12.0 Å². The van der Waals surface area contributed by atoms with Crippen molar-refractivity contribution in [3.63, 3.8) is 0 Å². The molecule has 0 spiro atoms. The average Bonchev–Trinajstić information content (AvgIpc) is 2.68. The molecule has 0 atom stereocenters. The van der Waals surface area contributed by atoms with Crippen LogP contribution in [-0.2, 0) is 11.3 Å². The van der Waals surface area contributed by atoms with Crippen LogP contribution in [0.15, 0.2) is 36.5 Å². The van der Waals surface area contributed by atoms with E-state index < -0.39 is 0 Å². The number of anilines is 1. The number of nitrogens with one attached hydrogen (secondary N) is 1. The van der Waals surface area contributed by atoms with Crippen LogP contribution in [0, 0.1) is 19.8 Å². The second kappa shape index (κ2) is 8.65. The Labute approximate surface area is 154 Å². The Morgan fingerprint density at radius 3 is 2.65 bits per heavy atom. The maximum absolute atomic E-state index is 12.2. The monoisotopic (exact) mass is 354 g/mol. The molecule has 26 heavy (non-hydrogen) atoms. The number of amides is 1. The number of rotatable bonds is 5. The number of nitrogens with zero attached hydrogens (tertiary/aromatic N) is 3. The van der Waals surface area contributed by atoms with Crippen LogP contribution in [0.1, 0.15) is 29.7 Å². The Balaban J connectivity index is 1.39. The van der Waals surface area contributed by atoms with Gasteiger partial charge in [0, 0.05) is 31.5 Å². The lowest BCUT2D eigenvalue weighted by atomic mass is 9.97. The number of hydrogen-bond donors (Lipinski definition) is 1. The minimum Gasteiger partial charge on any atom is -0.445 e. The molecule has 1 aliphatic heterocycles. The molecule has 2 heterocycles. The molecule has 0 saturated carbocycles. The normalized spacial score (nSPS) is 14.9. The Morgan fingerprint density at radius 2 is 1.96 bits per heavy atom. The first-order valence-electron chi connectivity index (χ1n) is 9.11. The second-order valence-electron chi connectivity index (χ2n) is 6.81. The lowest BCUT2D eigenvalue weighted by Crippen LogP contribution is -2.40. The minimum absolute atomic E-state index is 0.224. The van der Waals surface area contributed by atoms with Crippen molar-refractivity contribution < 1.29 is 9.53 Å². The van der Waals surface area contributed by atoms with Gasteiger partial charge >= 0.3 is 6.09 Å². The topological polar surface area (TPSA) is 67.4 Å². The standard InChI is InChI=1S/C20H26N4O2/c1-15-12-21-19(23-16(15)2)22-13-17-8-10-24(11-9-17)20(25)26-14-18-6-4-3-5-7-18/h3-7,12,17H,8-11,13-14H2,1-2H3,(H,21,22,23). The van der Waals surface area contributed by atoms with Crippen molar-refractivity contribution in [1.29, 1.82) is 0 Å². The number of likely N-dealkylation sites (tertiary alicyclic amines) is 1. The van der Waals surface area contributed by atoms with Crippen LogP contribution in [0.5, 0.6) is 0 Å². The van der Waals surface area contributed by atoms with Gasteiger partial charge in [-0.2, -0.15) is 0 Å². The highest BCUT2D eigenvalue weighted by Gasteiger charge is 2.23. The van der Waals surface area contributed by atoms with Gasteiger partial charge in [-0.3, -0.25) is 0 Å². The molecule has 1 aliphatic rings. The highest BCUT2D eigenvalue weighted by atomic mass is 16.6. The highest BCUT2D eigenvalue weighted by molar-refractivity contribution is 5.67. The van der Waals surface area contributed by atoms with Crippen LogP contribution in [0.4, 0.5) is 10.7 Å². The summed E-state index contributed by atoms with van der Waals surface area (Å²) >= 11 is 0. The predicted octanol–water partition coefficient (Wildman–Crippen LogP) is 3.55. The quantitative estimate of drug-likeness (QED) is 0.889. The number of carbonyl (C=O) groups excluding carboxylic acids is 1. The van der Waals surface area contributed by atoms with E-state index in [4.69, 9.17) is 4.74 Å². The molecule has 6 heteroatoms. The second-order valence-corrected chi connectivity index (χ2v) is 6.81. The SMILES string of the molecule is Cc1cnc(NCC2CCN(C(=O)OCc3ccccc3)CC2)nc1C. The van der Waals surface area contributed by atoms with Crippen LogP contribution < -0.4 is 5.32 Å². The molecule has 1 aromatic carbocycles. The minimum atomic E-state index is -0.224. The lowest BCUT2D eigenvalue weighted by molar-refractivity contribution is 0.0832. The van der Waals surface area contributed by atoms with Gasteiger partial charge in [0.15, 0.2) is 0 Å². The number of aryl methyl sites for hydroxylation is 2. The molecule has 1 amide bonds. The zero-order chi connectivity index (χ0) is 18.4. The summed E-state index contributed by atoms with van der Waals surface area (Å²) in [7, 11) is 0. The molecule has 3 rings (SSSR count). The van der Waals surface area contributed by atoms with Gasteiger partial charge in [-0.25, -0.2) is 14.8 Å². The molecule has 1 N–H and O–H groups in total. The summed E-state index contributed by atoms with van der Waals surface area (Å²) < 4.78 is 5.41. The Morgan fingerprint density at radius 1 is 1.23 bits per heavy atom. The van der Waals surface area contributed by atoms with Crippen molar-refractivity contribution in [2.75, 3.05) is 25.0 Å². The van der Waals surface area contributed by atoms with Crippen LogP contribution in [0.25, 0.3) is 0 Å². The fourth-order valence-electron chi connectivity index (χ4n) is 2.98. The molecule has 2 aromatic rings. The third kappa shape index (κ3) is 4.94. The van der Waals surface area contributed by atoms with Gasteiger partial charge in [0.25, 0.3) is 0 Å². The van der Waals surface area contributed by atoms with E-state index in [1.165, 1.54) is 0 Å². The molecule has 0 unspecified atom stereocenters. The number of ether oxygens (including phenoxy) is 1. The van der Waals surface area contributed by atoms with Crippen LogP contribution in [-0.4, -0.2) is 40.6 Å². The number of piperidine rings is 1. The van der Waals surface area contributed by atoms with E-state index in [9.17, 15) is 4.79 Å². The first-order chi connectivity index (χ1) is 12.6. The van der Waals surface area contributed by atoms with Gasteiger partial charge in [0.05, 0.1) is 0 Å². The Hall–Kier alpha value is -2.63. The summed E-state index contributed by atoms with van der Waals surface area (Å²) in [5.41, 5.74) is 3.10. The Bertz CT molecular complexity index is 728. The van der Waals surface area contributed by atoms with E-state index >= 15 is 0 Å². The van der Waals surface area contributed by atoms with Crippen molar-refractivity contribution in [3.8, 4) is 0 Å². The summed E-state index contributed by atoms with van der Waals surface area (Å²) in [6.45, 7) is 6.61. The van der Waals surface area contributed by atoms with Crippen LogP contribution >= 0.6 is 0 Å². The lowest BCUT2D eigenvalue weighted by Gasteiger charge is -2.31. The maximum Gasteiger partial charge on any atom is 0.410 e. The van der Waals surface area contributed by atoms with Gasteiger partial charge in [-0.1, -0.05) is 30.3 Å². The molecule has 6 nitrogen and oxygen atoms in total. The molecule has 1 saturated heterocycles. The fourth-order valence-corrected chi connectivity index (χ4v) is 2.98. The van der Waals surface area contributed by atoms with E-state index in [1.54, 1.807) is 4.90 Å². The average molecular weight is 354 g/mol. The van der Waals surface area contributed by atoms with Gasteiger partial charge in [-0.05, 0) is 43.7 Å². The first-order valence-corrected chi connectivity index (χ1v) is 9.11. The van der Waals surface area contributed by atoms with Gasteiger partial charge < -0.3 is 15.0 Å². The molecular weight excluding hydrogens is 328 g/mol. The molecule has 0 radical (unpaired) electrons. The largest absolute Gasteiger partial charge is 0.445 e. The van der Waals surface area contributed by atoms with E-state index in [0.717, 1.165) is 49.3 Å². The summed E-state index contributed by atoms with van der Waals surface area (Å²) in [4.78, 5) is 22.8. The number of aromatic nitrogens is 2. The van der Waals surface area contributed by atoms with E-state index in [-0.39, 0.29) is 6.09 Å². The number of hydrogen-bond acceptors (Lipinski definition) is 5. The van der Waals surface area contributed by atoms with Crippen LogP contribution in [0.2, 0.25) is 0 Å². The summed E-state index contributed by atoms with van der Waals surface area (Å²) in [5.74, 6) is 1.19. The third-order valence-electron chi connectivity index (χ3n) is 4.85. The molecular formula is C20H26N4O2. The van der Waals surface area contributed by atoms with Crippen molar-refractivity contribution in [2.45, 2.75) is 33.3 Å². The predicted molar refractivity (Wildman–Crippen MR) is 101 cm³/mol. The van der Waals surface area contributed by atoms with Crippen molar-refractivity contribution in [3.05, 3.63) is 53.3 Å². The van der Waals surface area contributed by atoms with E-state index in [2.05, 4.69) is 15.3 Å². The number of carbonyl (C=O) groups is 1. The van der Waals surface area contributed by atoms with Crippen LogP contribution in [0.3, 0.4) is 0 Å². The highest BCUT2D eigenvalue weighted by Crippen LogP contribution is 2.19. The maximum atomic E-state index is 12.2. The van der Waals surface area contributed by atoms with Gasteiger partial charge in [-0.15, -0.1) is 0 Å². The third-order valence-corrected chi connectivity index (χ3v) is 4.85.